The summed E-state index contributed by atoms with van der Waals surface area (Å²) in [4.78, 5) is 19.4. The van der Waals surface area contributed by atoms with Gasteiger partial charge in [0.1, 0.15) is 6.61 Å². The van der Waals surface area contributed by atoms with E-state index in [4.69, 9.17) is 9.47 Å². The summed E-state index contributed by atoms with van der Waals surface area (Å²) in [6, 6.07) is 28.9. The highest BCUT2D eigenvalue weighted by molar-refractivity contribution is 9.10. The fourth-order valence-corrected chi connectivity index (χ4v) is 3.94. The van der Waals surface area contributed by atoms with Crippen LogP contribution in [0, 0.1) is 0 Å². The minimum atomic E-state index is -0.184. The first-order chi connectivity index (χ1) is 17.6. The minimum absolute atomic E-state index is 0.184. The molecule has 4 aromatic rings. The molecule has 3 aromatic carbocycles. The highest BCUT2D eigenvalue weighted by Gasteiger charge is 2.16. The monoisotopic (exact) mass is 545 g/mol. The molecule has 0 unspecified atom stereocenters. The van der Waals surface area contributed by atoms with E-state index in [0.29, 0.717) is 37.6 Å². The number of urea groups is 1. The summed E-state index contributed by atoms with van der Waals surface area (Å²) in [5.41, 5.74) is 3.66. The van der Waals surface area contributed by atoms with Crippen LogP contribution in [0.4, 0.5) is 10.5 Å². The van der Waals surface area contributed by atoms with Gasteiger partial charge in [0.15, 0.2) is 11.5 Å². The van der Waals surface area contributed by atoms with Crippen molar-refractivity contribution >= 4 is 27.6 Å². The number of hydrogen-bond acceptors (Lipinski definition) is 4. The van der Waals surface area contributed by atoms with Gasteiger partial charge in [0.25, 0.3) is 0 Å². The van der Waals surface area contributed by atoms with Crippen LogP contribution in [0.2, 0.25) is 0 Å². The van der Waals surface area contributed by atoms with Crippen molar-refractivity contribution in [3.63, 3.8) is 0 Å². The van der Waals surface area contributed by atoms with Crippen LogP contribution in [-0.2, 0) is 19.6 Å². The predicted molar refractivity (Wildman–Crippen MR) is 145 cm³/mol. The number of aromatic nitrogens is 1. The lowest BCUT2D eigenvalue weighted by Crippen LogP contribution is -2.36. The summed E-state index contributed by atoms with van der Waals surface area (Å²) in [7, 11) is 1.62. The van der Waals surface area contributed by atoms with Gasteiger partial charge in [-0.1, -0.05) is 58.4 Å². The van der Waals surface area contributed by atoms with Crippen LogP contribution in [0.5, 0.6) is 11.5 Å². The molecule has 0 bridgehead atoms. The van der Waals surface area contributed by atoms with E-state index in [1.807, 2.05) is 91.0 Å². The number of anilines is 1. The Morgan fingerprint density at radius 1 is 0.917 bits per heavy atom. The van der Waals surface area contributed by atoms with Gasteiger partial charge in [0.2, 0.25) is 0 Å². The Labute approximate surface area is 220 Å². The molecule has 184 valence electrons. The topological polar surface area (TPSA) is 63.7 Å². The number of pyridine rings is 1. The summed E-state index contributed by atoms with van der Waals surface area (Å²) in [6.45, 7) is 1.33. The van der Waals surface area contributed by atoms with Gasteiger partial charge in [-0.2, -0.15) is 0 Å². The van der Waals surface area contributed by atoms with Gasteiger partial charge in [-0.15, -0.1) is 0 Å². The Kier molecular flexibility index (Phi) is 8.94. The van der Waals surface area contributed by atoms with Crippen LogP contribution in [-0.4, -0.2) is 29.6 Å². The van der Waals surface area contributed by atoms with Crippen LogP contribution < -0.4 is 14.8 Å². The predicted octanol–water partition coefficient (Wildman–Crippen LogP) is 6.71. The molecule has 0 aliphatic rings. The van der Waals surface area contributed by atoms with E-state index >= 15 is 0 Å². The second kappa shape index (κ2) is 12.7. The van der Waals surface area contributed by atoms with Gasteiger partial charge >= 0.3 is 6.03 Å². The van der Waals surface area contributed by atoms with Crippen molar-refractivity contribution in [1.29, 1.82) is 0 Å². The zero-order valence-electron chi connectivity index (χ0n) is 20.1. The number of nitrogens with one attached hydrogen (secondary N) is 1. The van der Waals surface area contributed by atoms with Gasteiger partial charge in [-0.3, -0.25) is 4.98 Å². The first-order valence-electron chi connectivity index (χ1n) is 11.7. The van der Waals surface area contributed by atoms with Crippen molar-refractivity contribution in [3.8, 4) is 11.5 Å². The standard InChI is InChI=1S/C29H28BrN3O3/c1-35-27-15-10-23(19-28(27)36-21-22-7-3-2-4-8-22)20-33(18-16-25-9-5-6-17-31-25)29(34)32-26-13-11-24(30)12-14-26/h2-15,17,19H,16,18,20-21H2,1H3,(H,32,34). The molecule has 2 amide bonds. The molecule has 0 saturated carbocycles. The second-order valence-corrected chi connectivity index (χ2v) is 9.10. The largest absolute Gasteiger partial charge is 0.493 e. The van der Waals surface area contributed by atoms with Crippen LogP contribution in [0.3, 0.4) is 0 Å². The van der Waals surface area contributed by atoms with Crippen LogP contribution in [0.15, 0.2) is 102 Å². The molecule has 0 fully saturated rings. The molecule has 1 aromatic heterocycles. The third-order valence-electron chi connectivity index (χ3n) is 5.59. The van der Waals surface area contributed by atoms with Gasteiger partial charge in [0, 0.05) is 41.6 Å². The minimum Gasteiger partial charge on any atom is -0.493 e. The highest BCUT2D eigenvalue weighted by atomic mass is 79.9. The number of benzene rings is 3. The molecule has 36 heavy (non-hydrogen) atoms. The second-order valence-electron chi connectivity index (χ2n) is 8.19. The van der Waals surface area contributed by atoms with Crippen molar-refractivity contribution in [2.24, 2.45) is 0 Å². The van der Waals surface area contributed by atoms with E-state index in [0.717, 1.165) is 27.0 Å². The number of hydrogen-bond donors (Lipinski definition) is 1. The quantitative estimate of drug-likeness (QED) is 0.240. The molecule has 0 spiro atoms. The zero-order chi connectivity index (χ0) is 25.2. The molecular formula is C29H28BrN3O3. The lowest BCUT2D eigenvalue weighted by Gasteiger charge is -2.24. The molecule has 1 N–H and O–H groups in total. The van der Waals surface area contributed by atoms with Crippen molar-refractivity contribution in [2.45, 2.75) is 19.6 Å². The van der Waals surface area contributed by atoms with Gasteiger partial charge in [-0.25, -0.2) is 4.79 Å². The lowest BCUT2D eigenvalue weighted by molar-refractivity contribution is 0.209. The lowest BCUT2D eigenvalue weighted by atomic mass is 10.1. The van der Waals surface area contributed by atoms with Crippen LogP contribution in [0.25, 0.3) is 0 Å². The third kappa shape index (κ3) is 7.33. The highest BCUT2D eigenvalue weighted by Crippen LogP contribution is 2.29. The molecule has 0 aliphatic carbocycles. The summed E-state index contributed by atoms with van der Waals surface area (Å²) in [5, 5.41) is 3.00. The van der Waals surface area contributed by atoms with E-state index in [-0.39, 0.29) is 6.03 Å². The molecule has 0 saturated heterocycles. The first-order valence-corrected chi connectivity index (χ1v) is 12.4. The maximum atomic E-state index is 13.3. The van der Waals surface area contributed by atoms with E-state index in [2.05, 4.69) is 26.2 Å². The summed E-state index contributed by atoms with van der Waals surface area (Å²) < 4.78 is 12.5. The first kappa shape index (κ1) is 25.3. The maximum Gasteiger partial charge on any atom is 0.322 e. The fourth-order valence-electron chi connectivity index (χ4n) is 3.67. The van der Waals surface area contributed by atoms with Gasteiger partial charge in [0.05, 0.1) is 7.11 Å². The Balaban J connectivity index is 1.51. The Hall–Kier alpha value is -3.84. The zero-order valence-corrected chi connectivity index (χ0v) is 21.6. The van der Waals surface area contributed by atoms with E-state index in [1.54, 1.807) is 18.2 Å². The summed E-state index contributed by atoms with van der Waals surface area (Å²) in [6.07, 6.45) is 2.41. The van der Waals surface area contributed by atoms with Gasteiger partial charge < -0.3 is 19.7 Å². The number of ether oxygens (including phenoxy) is 2. The number of halogens is 1. The average molecular weight is 546 g/mol. The molecule has 6 nitrogen and oxygen atoms in total. The Bertz CT molecular complexity index is 1250. The molecule has 0 aliphatic heterocycles. The van der Waals surface area contributed by atoms with E-state index in [1.165, 1.54) is 0 Å². The Morgan fingerprint density at radius 3 is 2.42 bits per heavy atom. The number of amides is 2. The molecule has 7 heteroatoms. The SMILES string of the molecule is COc1ccc(CN(CCc2ccccn2)C(=O)Nc2ccc(Br)cc2)cc1OCc1ccccc1. The number of carbonyl (C=O) groups excluding carboxylic acids is 1. The van der Waals surface area contributed by atoms with E-state index in [9.17, 15) is 4.79 Å². The molecular weight excluding hydrogens is 518 g/mol. The normalized spacial score (nSPS) is 10.5. The van der Waals surface area contributed by atoms with E-state index < -0.39 is 0 Å². The molecule has 1 heterocycles. The number of methoxy groups -OCH3 is 1. The summed E-state index contributed by atoms with van der Waals surface area (Å²) in [5.74, 6) is 1.28. The fraction of sp³-hybridized carbons (Fsp3) is 0.172. The third-order valence-corrected chi connectivity index (χ3v) is 6.11. The van der Waals surface area contributed by atoms with Crippen molar-refractivity contribution in [2.75, 3.05) is 19.0 Å². The average Bonchev–Trinajstić information content (AvgIpc) is 2.92. The van der Waals surface area contributed by atoms with Crippen LogP contribution in [0.1, 0.15) is 16.8 Å². The molecule has 0 radical (unpaired) electrons. The van der Waals surface area contributed by atoms with Crippen molar-refractivity contribution in [1.82, 2.24) is 9.88 Å². The number of nitrogens with zero attached hydrogens (tertiary/aromatic N) is 2. The summed E-state index contributed by atoms with van der Waals surface area (Å²) >= 11 is 3.43. The number of carbonyl (C=O) groups is 1. The smallest absolute Gasteiger partial charge is 0.322 e. The molecule has 0 atom stereocenters. The van der Waals surface area contributed by atoms with Gasteiger partial charge in [-0.05, 0) is 59.7 Å². The Morgan fingerprint density at radius 2 is 1.69 bits per heavy atom. The van der Waals surface area contributed by atoms with Crippen molar-refractivity contribution < 1.29 is 14.3 Å². The number of rotatable bonds is 10. The maximum absolute atomic E-state index is 13.3. The molecule has 4 rings (SSSR count). The van der Waals surface area contributed by atoms with Crippen molar-refractivity contribution in [3.05, 3.63) is 118 Å². The van der Waals surface area contributed by atoms with Crippen LogP contribution >= 0.6 is 15.9 Å².